The lowest BCUT2D eigenvalue weighted by Gasteiger charge is -2.19. The minimum atomic E-state index is 0.312. The Morgan fingerprint density at radius 1 is 1.15 bits per heavy atom. The summed E-state index contributed by atoms with van der Waals surface area (Å²) in [6, 6.07) is 0. The van der Waals surface area contributed by atoms with Crippen LogP contribution in [-0.4, -0.2) is 30.3 Å². The quantitative estimate of drug-likeness (QED) is 0.579. The number of nitrogens with zero attached hydrogens (tertiary/aromatic N) is 1. The third-order valence-corrected chi connectivity index (χ3v) is 2.28. The zero-order chi connectivity index (χ0) is 10.1. The number of hydrogen-bond donors (Lipinski definition) is 0. The molecule has 0 saturated heterocycles. The van der Waals surface area contributed by atoms with Crippen molar-refractivity contribution in [1.82, 2.24) is 4.90 Å². The number of rotatable bonds is 8. The fraction of sp³-hybridized carbons (Fsp3) is 0.909. The van der Waals surface area contributed by atoms with E-state index in [1.807, 2.05) is 0 Å². The molecule has 0 aromatic heterocycles. The molecule has 0 bridgehead atoms. The highest BCUT2D eigenvalue weighted by Crippen LogP contribution is 1.98. The van der Waals surface area contributed by atoms with Crippen molar-refractivity contribution in [1.29, 1.82) is 0 Å². The van der Waals surface area contributed by atoms with Gasteiger partial charge in [0.25, 0.3) is 0 Å². The number of carbonyl (C=O) groups excluding carboxylic acids is 1. The third-order valence-electron chi connectivity index (χ3n) is 2.28. The topological polar surface area (TPSA) is 20.3 Å². The van der Waals surface area contributed by atoms with E-state index in [4.69, 9.17) is 0 Å². The van der Waals surface area contributed by atoms with E-state index in [0.29, 0.717) is 5.78 Å². The van der Waals surface area contributed by atoms with Crippen molar-refractivity contribution in [3.05, 3.63) is 0 Å². The molecule has 0 aromatic rings. The summed E-state index contributed by atoms with van der Waals surface area (Å²) in [6.45, 7) is 9.44. The summed E-state index contributed by atoms with van der Waals surface area (Å²) in [5.74, 6) is 0.312. The van der Waals surface area contributed by atoms with E-state index in [1.165, 1.54) is 19.4 Å². The van der Waals surface area contributed by atoms with E-state index in [2.05, 4.69) is 18.7 Å². The molecule has 0 saturated carbocycles. The predicted molar refractivity (Wildman–Crippen MR) is 56.9 cm³/mol. The van der Waals surface area contributed by atoms with Gasteiger partial charge in [-0.1, -0.05) is 20.3 Å². The Morgan fingerprint density at radius 2 is 1.77 bits per heavy atom. The lowest BCUT2D eigenvalue weighted by Crippen LogP contribution is -2.25. The molecule has 0 aromatic carbocycles. The molecule has 0 rings (SSSR count). The molecule has 13 heavy (non-hydrogen) atoms. The summed E-state index contributed by atoms with van der Waals surface area (Å²) in [6.07, 6.45) is 4.28. The Balaban J connectivity index is 3.41. The fourth-order valence-electron chi connectivity index (χ4n) is 1.36. The molecule has 0 heterocycles. The number of unbranched alkanes of at least 4 members (excludes halogenated alkanes) is 1. The van der Waals surface area contributed by atoms with Crippen LogP contribution < -0.4 is 0 Å². The summed E-state index contributed by atoms with van der Waals surface area (Å²) in [5, 5.41) is 0. The number of Topliss-reactive ketones (excluding diaryl/α,β-unsaturated/α-hetero) is 1. The van der Waals surface area contributed by atoms with Gasteiger partial charge in [0.15, 0.2) is 0 Å². The van der Waals surface area contributed by atoms with Crippen LogP contribution in [0.5, 0.6) is 0 Å². The largest absolute Gasteiger partial charge is 0.304 e. The first-order valence-electron chi connectivity index (χ1n) is 5.42. The maximum absolute atomic E-state index is 10.7. The highest BCUT2D eigenvalue weighted by molar-refractivity contribution is 5.75. The van der Waals surface area contributed by atoms with Gasteiger partial charge < -0.3 is 9.69 Å². The summed E-state index contributed by atoms with van der Waals surface area (Å²) in [4.78, 5) is 13.1. The average molecular weight is 185 g/mol. The predicted octanol–water partition coefficient (Wildman–Crippen LogP) is 2.48. The van der Waals surface area contributed by atoms with Crippen molar-refractivity contribution >= 4 is 5.78 Å². The van der Waals surface area contributed by atoms with Crippen LogP contribution in [-0.2, 0) is 4.79 Å². The van der Waals surface area contributed by atoms with Crippen LogP contribution in [0.25, 0.3) is 0 Å². The van der Waals surface area contributed by atoms with E-state index in [9.17, 15) is 4.79 Å². The highest BCUT2D eigenvalue weighted by Gasteiger charge is 2.01. The molecule has 2 nitrogen and oxygen atoms in total. The second kappa shape index (κ2) is 8.24. The minimum absolute atomic E-state index is 0.312. The summed E-state index contributed by atoms with van der Waals surface area (Å²) >= 11 is 0. The Morgan fingerprint density at radius 3 is 2.23 bits per heavy atom. The maximum atomic E-state index is 10.7. The van der Waals surface area contributed by atoms with Crippen LogP contribution in [0.4, 0.5) is 0 Å². The second-order valence-electron chi connectivity index (χ2n) is 3.59. The van der Waals surface area contributed by atoms with Gasteiger partial charge in [-0.25, -0.2) is 0 Å². The van der Waals surface area contributed by atoms with Crippen molar-refractivity contribution in [3.8, 4) is 0 Å². The number of ketones is 1. The lowest BCUT2D eigenvalue weighted by molar-refractivity contribution is -0.117. The average Bonchev–Trinajstić information content (AvgIpc) is 2.10. The standard InChI is InChI=1S/C11H23NO/c1-4-6-9-12(5-2)10-7-8-11(3)13/h4-10H2,1-3H3. The van der Waals surface area contributed by atoms with Gasteiger partial charge in [-0.15, -0.1) is 0 Å². The first-order chi connectivity index (χ1) is 6.20. The summed E-state index contributed by atoms with van der Waals surface area (Å²) in [5.41, 5.74) is 0. The van der Waals surface area contributed by atoms with Gasteiger partial charge >= 0.3 is 0 Å². The Hall–Kier alpha value is -0.370. The van der Waals surface area contributed by atoms with Crippen LogP contribution >= 0.6 is 0 Å². The van der Waals surface area contributed by atoms with Crippen LogP contribution in [0.2, 0.25) is 0 Å². The van der Waals surface area contributed by atoms with Gasteiger partial charge in [0.1, 0.15) is 5.78 Å². The minimum Gasteiger partial charge on any atom is -0.304 e. The van der Waals surface area contributed by atoms with E-state index < -0.39 is 0 Å². The Labute approximate surface area is 82.3 Å². The smallest absolute Gasteiger partial charge is 0.129 e. The molecular formula is C11H23NO. The SMILES string of the molecule is CCCCN(CC)CCCC(C)=O. The van der Waals surface area contributed by atoms with Crippen molar-refractivity contribution < 1.29 is 4.79 Å². The molecule has 2 heteroatoms. The van der Waals surface area contributed by atoms with Crippen LogP contribution in [0.1, 0.15) is 46.5 Å². The molecular weight excluding hydrogens is 162 g/mol. The van der Waals surface area contributed by atoms with E-state index >= 15 is 0 Å². The lowest BCUT2D eigenvalue weighted by atomic mass is 10.2. The van der Waals surface area contributed by atoms with Gasteiger partial charge in [-0.05, 0) is 39.4 Å². The number of carbonyl (C=O) groups is 1. The first kappa shape index (κ1) is 12.6. The highest BCUT2D eigenvalue weighted by atomic mass is 16.1. The van der Waals surface area contributed by atoms with Crippen LogP contribution in [0.15, 0.2) is 0 Å². The maximum Gasteiger partial charge on any atom is 0.129 e. The van der Waals surface area contributed by atoms with Gasteiger partial charge in [-0.3, -0.25) is 0 Å². The fourth-order valence-corrected chi connectivity index (χ4v) is 1.36. The van der Waals surface area contributed by atoms with Crippen molar-refractivity contribution in [3.63, 3.8) is 0 Å². The van der Waals surface area contributed by atoms with E-state index in [-0.39, 0.29) is 0 Å². The Bertz CT molecular complexity index is 134. The van der Waals surface area contributed by atoms with Crippen molar-refractivity contribution in [2.45, 2.75) is 46.5 Å². The van der Waals surface area contributed by atoms with Gasteiger partial charge in [0, 0.05) is 6.42 Å². The monoisotopic (exact) mass is 185 g/mol. The molecule has 0 unspecified atom stereocenters. The zero-order valence-electron chi connectivity index (χ0n) is 9.31. The zero-order valence-corrected chi connectivity index (χ0v) is 9.31. The van der Waals surface area contributed by atoms with Crippen LogP contribution in [0, 0.1) is 0 Å². The molecule has 0 aliphatic carbocycles. The van der Waals surface area contributed by atoms with E-state index in [0.717, 1.165) is 25.9 Å². The normalized spacial score (nSPS) is 10.8. The molecule has 0 radical (unpaired) electrons. The van der Waals surface area contributed by atoms with E-state index in [1.54, 1.807) is 6.92 Å². The molecule has 78 valence electrons. The van der Waals surface area contributed by atoms with Gasteiger partial charge in [0.2, 0.25) is 0 Å². The van der Waals surface area contributed by atoms with Gasteiger partial charge in [0.05, 0.1) is 0 Å². The Kier molecular flexibility index (Phi) is 8.00. The molecule has 0 spiro atoms. The van der Waals surface area contributed by atoms with Crippen molar-refractivity contribution in [2.24, 2.45) is 0 Å². The molecule has 0 aliphatic rings. The molecule has 0 amide bonds. The molecule has 0 atom stereocenters. The van der Waals surface area contributed by atoms with Crippen LogP contribution in [0.3, 0.4) is 0 Å². The summed E-state index contributed by atoms with van der Waals surface area (Å²) < 4.78 is 0. The molecule has 0 aliphatic heterocycles. The second-order valence-corrected chi connectivity index (χ2v) is 3.59. The number of hydrogen-bond acceptors (Lipinski definition) is 2. The van der Waals surface area contributed by atoms with Gasteiger partial charge in [-0.2, -0.15) is 0 Å². The third kappa shape index (κ3) is 7.97. The first-order valence-corrected chi connectivity index (χ1v) is 5.42. The summed E-state index contributed by atoms with van der Waals surface area (Å²) in [7, 11) is 0. The molecule has 0 N–H and O–H groups in total. The molecule has 0 fully saturated rings. The van der Waals surface area contributed by atoms with Crippen molar-refractivity contribution in [2.75, 3.05) is 19.6 Å².